The van der Waals surface area contributed by atoms with E-state index < -0.39 is 10.0 Å². The Labute approximate surface area is 169 Å². The van der Waals surface area contributed by atoms with E-state index in [4.69, 9.17) is 0 Å². The summed E-state index contributed by atoms with van der Waals surface area (Å²) >= 11 is 1.59. The Balaban J connectivity index is 1.84. The van der Waals surface area contributed by atoms with Gasteiger partial charge in [0.1, 0.15) is 0 Å². The van der Waals surface area contributed by atoms with Crippen molar-refractivity contribution in [3.63, 3.8) is 0 Å². The summed E-state index contributed by atoms with van der Waals surface area (Å²) in [5.74, 6) is -0.307. The van der Waals surface area contributed by atoms with E-state index in [9.17, 15) is 13.2 Å². The van der Waals surface area contributed by atoms with Crippen LogP contribution in [-0.2, 0) is 10.0 Å². The number of benzene rings is 3. The molecule has 0 saturated carbocycles. The minimum Gasteiger partial charge on any atom is -0.322 e. The quantitative estimate of drug-likeness (QED) is 0.572. The first kappa shape index (κ1) is 20.0. The molecule has 0 unspecified atom stereocenters. The van der Waals surface area contributed by atoms with Crippen molar-refractivity contribution in [3.05, 3.63) is 83.9 Å². The molecule has 0 aliphatic heterocycles. The topological polar surface area (TPSA) is 75.3 Å². The van der Waals surface area contributed by atoms with Crippen LogP contribution < -0.4 is 10.0 Å². The second-order valence-corrected chi connectivity index (χ2v) is 8.70. The van der Waals surface area contributed by atoms with Crippen molar-refractivity contribution in [2.24, 2.45) is 0 Å². The van der Waals surface area contributed by atoms with E-state index in [1.807, 2.05) is 30.5 Å². The highest BCUT2D eigenvalue weighted by Gasteiger charge is 2.16. The Kier molecular flexibility index (Phi) is 6.06. The average molecular weight is 413 g/mol. The van der Waals surface area contributed by atoms with Crippen LogP contribution in [-0.4, -0.2) is 20.6 Å². The fraction of sp³-hybridized carbons (Fsp3) is 0.0952. The van der Waals surface area contributed by atoms with E-state index >= 15 is 0 Å². The monoisotopic (exact) mass is 412 g/mol. The maximum atomic E-state index is 12.6. The fourth-order valence-electron chi connectivity index (χ4n) is 2.58. The molecule has 0 aliphatic rings. The zero-order valence-electron chi connectivity index (χ0n) is 15.5. The largest absolute Gasteiger partial charge is 0.322 e. The fourth-order valence-corrected chi connectivity index (χ4v) is 4.18. The lowest BCUT2D eigenvalue weighted by molar-refractivity contribution is 0.102. The van der Waals surface area contributed by atoms with Gasteiger partial charge in [-0.05, 0) is 61.2 Å². The lowest BCUT2D eigenvalue weighted by Gasteiger charge is -2.13. The van der Waals surface area contributed by atoms with E-state index in [1.54, 1.807) is 55.1 Å². The van der Waals surface area contributed by atoms with Crippen molar-refractivity contribution in [3.8, 4) is 0 Å². The third-order valence-corrected chi connectivity index (χ3v) is 6.23. The van der Waals surface area contributed by atoms with Gasteiger partial charge in [-0.2, -0.15) is 0 Å². The SMILES string of the molecule is CSc1cccc(NC(=O)c2ccc(C)c(NS(=O)(=O)c3ccccc3)c2)c1. The minimum atomic E-state index is -3.73. The van der Waals surface area contributed by atoms with Gasteiger partial charge < -0.3 is 5.32 Å². The number of sulfonamides is 1. The van der Waals surface area contributed by atoms with Crippen LogP contribution in [0.4, 0.5) is 11.4 Å². The molecule has 0 fully saturated rings. The van der Waals surface area contributed by atoms with E-state index in [1.165, 1.54) is 12.1 Å². The third kappa shape index (κ3) is 4.74. The van der Waals surface area contributed by atoms with E-state index in [0.717, 1.165) is 10.5 Å². The summed E-state index contributed by atoms with van der Waals surface area (Å²) in [5.41, 5.74) is 2.14. The van der Waals surface area contributed by atoms with Gasteiger partial charge in [-0.15, -0.1) is 11.8 Å². The van der Waals surface area contributed by atoms with Crippen LogP contribution in [0.3, 0.4) is 0 Å². The Hall–Kier alpha value is -2.77. The molecule has 3 aromatic rings. The summed E-state index contributed by atoms with van der Waals surface area (Å²) in [7, 11) is -3.73. The van der Waals surface area contributed by atoms with Gasteiger partial charge in [0, 0.05) is 16.1 Å². The number of nitrogens with one attached hydrogen (secondary N) is 2. The molecular formula is C21H20N2O3S2. The number of rotatable bonds is 6. The van der Waals surface area contributed by atoms with Crippen LogP contribution in [0.5, 0.6) is 0 Å². The summed E-state index contributed by atoms with van der Waals surface area (Å²) in [6.07, 6.45) is 1.96. The van der Waals surface area contributed by atoms with Crippen LogP contribution >= 0.6 is 11.8 Å². The summed E-state index contributed by atoms with van der Waals surface area (Å²) in [6, 6.07) is 20.6. The molecule has 7 heteroatoms. The van der Waals surface area contributed by atoms with Crippen LogP contribution in [0.1, 0.15) is 15.9 Å². The summed E-state index contributed by atoms with van der Waals surface area (Å²) in [5, 5.41) is 2.84. The summed E-state index contributed by atoms with van der Waals surface area (Å²) in [4.78, 5) is 13.8. The predicted molar refractivity (Wildman–Crippen MR) is 115 cm³/mol. The number of thioether (sulfide) groups is 1. The highest BCUT2D eigenvalue weighted by Crippen LogP contribution is 2.23. The van der Waals surface area contributed by atoms with Gasteiger partial charge in [0.25, 0.3) is 15.9 Å². The maximum absolute atomic E-state index is 12.6. The molecular weight excluding hydrogens is 392 g/mol. The van der Waals surface area contributed by atoms with E-state index in [2.05, 4.69) is 10.0 Å². The Bertz CT molecular complexity index is 1100. The van der Waals surface area contributed by atoms with Crippen molar-refractivity contribution in [2.75, 3.05) is 16.3 Å². The Morgan fingerprint density at radius 3 is 2.39 bits per heavy atom. The maximum Gasteiger partial charge on any atom is 0.261 e. The van der Waals surface area contributed by atoms with E-state index in [-0.39, 0.29) is 10.8 Å². The van der Waals surface area contributed by atoms with Crippen LogP contribution in [0, 0.1) is 6.92 Å². The molecule has 0 spiro atoms. The number of carbonyl (C=O) groups excluding carboxylic acids is 1. The van der Waals surface area contributed by atoms with Crippen LogP contribution in [0.15, 0.2) is 82.6 Å². The molecule has 0 radical (unpaired) electrons. The lowest BCUT2D eigenvalue weighted by Crippen LogP contribution is -2.16. The first-order chi connectivity index (χ1) is 13.4. The molecule has 28 heavy (non-hydrogen) atoms. The van der Waals surface area contributed by atoms with E-state index in [0.29, 0.717) is 16.9 Å². The zero-order valence-corrected chi connectivity index (χ0v) is 17.1. The second-order valence-electron chi connectivity index (χ2n) is 6.13. The van der Waals surface area contributed by atoms with Gasteiger partial charge in [0.05, 0.1) is 10.6 Å². The highest BCUT2D eigenvalue weighted by atomic mass is 32.2. The van der Waals surface area contributed by atoms with Gasteiger partial charge in [0.15, 0.2) is 0 Å². The number of carbonyl (C=O) groups is 1. The smallest absolute Gasteiger partial charge is 0.261 e. The van der Waals surface area contributed by atoms with Crippen LogP contribution in [0.2, 0.25) is 0 Å². The first-order valence-corrected chi connectivity index (χ1v) is 11.2. The number of hydrogen-bond acceptors (Lipinski definition) is 4. The molecule has 0 bridgehead atoms. The zero-order chi connectivity index (χ0) is 20.1. The third-order valence-electron chi connectivity index (χ3n) is 4.13. The van der Waals surface area contributed by atoms with Crippen LogP contribution in [0.25, 0.3) is 0 Å². The van der Waals surface area contributed by atoms with Gasteiger partial charge in [-0.3, -0.25) is 9.52 Å². The first-order valence-electron chi connectivity index (χ1n) is 8.53. The molecule has 3 aromatic carbocycles. The predicted octanol–water partition coefficient (Wildman–Crippen LogP) is 4.77. The molecule has 0 saturated heterocycles. The number of hydrogen-bond donors (Lipinski definition) is 2. The van der Waals surface area contributed by atoms with Crippen molar-refractivity contribution < 1.29 is 13.2 Å². The number of anilines is 2. The van der Waals surface area contributed by atoms with Crippen molar-refractivity contribution >= 4 is 39.1 Å². The lowest BCUT2D eigenvalue weighted by atomic mass is 10.1. The number of amides is 1. The standard InChI is InChI=1S/C21H20N2O3S2/c1-15-11-12-16(21(24)22-17-7-6-8-18(14-17)27-2)13-20(15)23-28(25,26)19-9-4-3-5-10-19/h3-14,23H,1-2H3,(H,22,24). The van der Waals surface area contributed by atoms with Crippen molar-refractivity contribution in [1.82, 2.24) is 0 Å². The molecule has 0 heterocycles. The van der Waals surface area contributed by atoms with Gasteiger partial charge >= 0.3 is 0 Å². The highest BCUT2D eigenvalue weighted by molar-refractivity contribution is 7.98. The molecule has 0 atom stereocenters. The summed E-state index contributed by atoms with van der Waals surface area (Å²) in [6.45, 7) is 1.78. The molecule has 5 nitrogen and oxygen atoms in total. The second kappa shape index (κ2) is 8.50. The van der Waals surface area contributed by atoms with Crippen molar-refractivity contribution in [1.29, 1.82) is 0 Å². The van der Waals surface area contributed by atoms with Gasteiger partial charge in [-0.1, -0.05) is 30.3 Å². The Morgan fingerprint density at radius 1 is 0.929 bits per heavy atom. The minimum absolute atomic E-state index is 0.165. The van der Waals surface area contributed by atoms with Gasteiger partial charge in [-0.25, -0.2) is 8.42 Å². The van der Waals surface area contributed by atoms with Gasteiger partial charge in [0.2, 0.25) is 0 Å². The molecule has 2 N–H and O–H groups in total. The Morgan fingerprint density at radius 2 is 1.68 bits per heavy atom. The van der Waals surface area contributed by atoms with Crippen molar-refractivity contribution in [2.45, 2.75) is 16.7 Å². The number of aryl methyl sites for hydroxylation is 1. The normalized spacial score (nSPS) is 11.1. The molecule has 0 aromatic heterocycles. The molecule has 3 rings (SSSR count). The average Bonchev–Trinajstić information content (AvgIpc) is 2.70. The molecule has 0 aliphatic carbocycles. The summed E-state index contributed by atoms with van der Waals surface area (Å²) < 4.78 is 27.7. The molecule has 1 amide bonds. The molecule has 144 valence electrons.